The highest BCUT2D eigenvalue weighted by Crippen LogP contribution is 2.25. The molecule has 0 aliphatic carbocycles. The number of anilines is 1. The Bertz CT molecular complexity index is 1160. The second-order valence-corrected chi connectivity index (χ2v) is 9.64. The molecule has 1 aliphatic rings. The van der Waals surface area contributed by atoms with Crippen molar-refractivity contribution in [1.29, 1.82) is 0 Å². The molecule has 9 heteroatoms. The highest BCUT2D eigenvalue weighted by atomic mass is 35.5. The van der Waals surface area contributed by atoms with Gasteiger partial charge in [0.2, 0.25) is 10.0 Å². The SMILES string of the molecule is CCc1ccc(-c2ccc(N3CCN(S(=O)(=O)c4ccc(F)c(Cl)c4)CC3)nn2)cc1. The van der Waals surface area contributed by atoms with Crippen molar-refractivity contribution < 1.29 is 12.8 Å². The van der Waals surface area contributed by atoms with Gasteiger partial charge in [0.1, 0.15) is 5.82 Å². The Morgan fingerprint density at radius 2 is 1.68 bits per heavy atom. The molecule has 0 saturated carbocycles. The summed E-state index contributed by atoms with van der Waals surface area (Å²) < 4.78 is 40.4. The molecule has 31 heavy (non-hydrogen) atoms. The number of nitrogens with zero attached hydrogens (tertiary/aromatic N) is 4. The zero-order chi connectivity index (χ0) is 22.0. The summed E-state index contributed by atoms with van der Waals surface area (Å²) in [5, 5.41) is 8.47. The van der Waals surface area contributed by atoms with Gasteiger partial charge in [0.05, 0.1) is 15.6 Å². The van der Waals surface area contributed by atoms with Gasteiger partial charge in [-0.2, -0.15) is 4.31 Å². The second kappa shape index (κ2) is 8.90. The van der Waals surface area contributed by atoms with E-state index in [9.17, 15) is 12.8 Å². The van der Waals surface area contributed by atoms with Gasteiger partial charge in [-0.3, -0.25) is 0 Å². The predicted octanol–water partition coefficient (Wildman–Crippen LogP) is 4.01. The van der Waals surface area contributed by atoms with Crippen LogP contribution in [0.3, 0.4) is 0 Å². The molecule has 0 amide bonds. The van der Waals surface area contributed by atoms with Crippen LogP contribution >= 0.6 is 11.6 Å². The third-order valence-corrected chi connectivity index (χ3v) is 7.58. The van der Waals surface area contributed by atoms with Gasteiger partial charge in [0, 0.05) is 31.7 Å². The molecule has 0 spiro atoms. The number of piperazine rings is 1. The number of benzene rings is 2. The highest BCUT2D eigenvalue weighted by Gasteiger charge is 2.29. The molecule has 4 rings (SSSR count). The summed E-state index contributed by atoms with van der Waals surface area (Å²) in [7, 11) is -3.74. The molecule has 1 aliphatic heterocycles. The lowest BCUT2D eigenvalue weighted by atomic mass is 10.1. The van der Waals surface area contributed by atoms with Crippen molar-refractivity contribution in [1.82, 2.24) is 14.5 Å². The zero-order valence-electron chi connectivity index (χ0n) is 17.0. The predicted molar refractivity (Wildman–Crippen MR) is 119 cm³/mol. The van der Waals surface area contributed by atoms with Crippen LogP contribution in [0.1, 0.15) is 12.5 Å². The second-order valence-electron chi connectivity index (χ2n) is 7.29. The molecule has 2 heterocycles. The van der Waals surface area contributed by atoms with Crippen molar-refractivity contribution in [3.63, 3.8) is 0 Å². The van der Waals surface area contributed by atoms with Crippen LogP contribution in [0, 0.1) is 5.82 Å². The van der Waals surface area contributed by atoms with E-state index in [1.807, 2.05) is 29.2 Å². The van der Waals surface area contributed by atoms with Crippen molar-refractivity contribution in [3.05, 3.63) is 71.0 Å². The largest absolute Gasteiger partial charge is 0.352 e. The van der Waals surface area contributed by atoms with Crippen LogP contribution in [0.2, 0.25) is 5.02 Å². The Balaban J connectivity index is 1.42. The maximum absolute atomic E-state index is 13.4. The van der Waals surface area contributed by atoms with Crippen molar-refractivity contribution in [2.45, 2.75) is 18.2 Å². The van der Waals surface area contributed by atoms with Gasteiger partial charge in [-0.25, -0.2) is 12.8 Å². The van der Waals surface area contributed by atoms with Crippen molar-refractivity contribution in [2.24, 2.45) is 0 Å². The highest BCUT2D eigenvalue weighted by molar-refractivity contribution is 7.89. The molecule has 1 fully saturated rings. The molecule has 162 valence electrons. The van der Waals surface area contributed by atoms with Crippen LogP contribution in [0.4, 0.5) is 10.2 Å². The van der Waals surface area contributed by atoms with Crippen LogP contribution in [-0.2, 0) is 16.4 Å². The minimum Gasteiger partial charge on any atom is -0.352 e. The van der Waals surface area contributed by atoms with E-state index in [0.717, 1.165) is 29.8 Å². The van der Waals surface area contributed by atoms with Crippen LogP contribution in [0.15, 0.2) is 59.5 Å². The molecule has 1 aromatic heterocycles. The maximum atomic E-state index is 13.4. The van der Waals surface area contributed by atoms with Gasteiger partial charge in [0.15, 0.2) is 5.82 Å². The van der Waals surface area contributed by atoms with Gasteiger partial charge in [-0.1, -0.05) is 42.8 Å². The van der Waals surface area contributed by atoms with Crippen LogP contribution < -0.4 is 4.90 Å². The summed E-state index contributed by atoms with van der Waals surface area (Å²) in [6.45, 7) is 3.66. The number of rotatable bonds is 5. The van der Waals surface area contributed by atoms with E-state index in [-0.39, 0.29) is 9.92 Å². The first kappa shape index (κ1) is 21.7. The maximum Gasteiger partial charge on any atom is 0.243 e. The number of hydrogen-bond acceptors (Lipinski definition) is 5. The number of halogens is 2. The van der Waals surface area contributed by atoms with E-state index in [4.69, 9.17) is 11.6 Å². The lowest BCUT2D eigenvalue weighted by Crippen LogP contribution is -2.49. The smallest absolute Gasteiger partial charge is 0.243 e. The normalized spacial score (nSPS) is 15.3. The van der Waals surface area contributed by atoms with Crippen molar-refractivity contribution >= 4 is 27.4 Å². The monoisotopic (exact) mass is 460 g/mol. The van der Waals surface area contributed by atoms with E-state index in [1.165, 1.54) is 15.9 Å². The van der Waals surface area contributed by atoms with Crippen LogP contribution in [0.5, 0.6) is 0 Å². The third kappa shape index (κ3) is 4.56. The Morgan fingerprint density at radius 1 is 0.968 bits per heavy atom. The molecule has 0 bridgehead atoms. The van der Waals surface area contributed by atoms with Gasteiger partial charge < -0.3 is 4.90 Å². The average Bonchev–Trinajstić information content (AvgIpc) is 2.81. The van der Waals surface area contributed by atoms with E-state index in [0.29, 0.717) is 32.0 Å². The third-order valence-electron chi connectivity index (χ3n) is 5.40. The fourth-order valence-electron chi connectivity index (χ4n) is 3.50. The molecule has 2 aromatic carbocycles. The Morgan fingerprint density at radius 3 is 2.26 bits per heavy atom. The van der Waals surface area contributed by atoms with Crippen LogP contribution in [-0.4, -0.2) is 49.1 Å². The van der Waals surface area contributed by atoms with E-state index >= 15 is 0 Å². The lowest BCUT2D eigenvalue weighted by molar-refractivity contribution is 0.383. The molecular weight excluding hydrogens is 439 g/mol. The van der Waals surface area contributed by atoms with E-state index < -0.39 is 15.8 Å². The quantitative estimate of drug-likeness (QED) is 0.575. The zero-order valence-corrected chi connectivity index (χ0v) is 18.6. The number of sulfonamides is 1. The number of aromatic nitrogens is 2. The van der Waals surface area contributed by atoms with Gasteiger partial charge in [-0.15, -0.1) is 10.2 Å². The van der Waals surface area contributed by atoms with Gasteiger partial charge in [-0.05, 0) is 42.3 Å². The van der Waals surface area contributed by atoms with Crippen molar-refractivity contribution in [3.8, 4) is 11.3 Å². The number of aryl methyl sites for hydroxylation is 1. The molecular formula is C22H22ClFN4O2S. The topological polar surface area (TPSA) is 66.4 Å². The summed E-state index contributed by atoms with van der Waals surface area (Å²) in [5.41, 5.74) is 3.06. The van der Waals surface area contributed by atoms with Gasteiger partial charge in [0.25, 0.3) is 0 Å². The average molecular weight is 461 g/mol. The first-order valence-corrected chi connectivity index (χ1v) is 11.8. The van der Waals surface area contributed by atoms with E-state index in [2.05, 4.69) is 29.3 Å². The summed E-state index contributed by atoms with van der Waals surface area (Å²) in [5.74, 6) is 0.0598. The lowest BCUT2D eigenvalue weighted by Gasteiger charge is -2.34. The summed E-state index contributed by atoms with van der Waals surface area (Å²) in [4.78, 5) is 1.99. The summed E-state index contributed by atoms with van der Waals surface area (Å²) in [6, 6.07) is 15.5. The molecule has 1 saturated heterocycles. The molecule has 0 atom stereocenters. The molecule has 6 nitrogen and oxygen atoms in total. The first-order valence-electron chi connectivity index (χ1n) is 10.0. The summed E-state index contributed by atoms with van der Waals surface area (Å²) >= 11 is 5.75. The summed E-state index contributed by atoms with van der Waals surface area (Å²) in [6.07, 6.45) is 0.987. The molecule has 3 aromatic rings. The van der Waals surface area contributed by atoms with Gasteiger partial charge >= 0.3 is 0 Å². The molecule has 0 radical (unpaired) electrons. The Kier molecular flexibility index (Phi) is 6.22. The first-order chi connectivity index (χ1) is 14.9. The van der Waals surface area contributed by atoms with E-state index in [1.54, 1.807) is 0 Å². The standard InChI is InChI=1S/C22H22ClFN4O2S/c1-2-16-3-5-17(6-4-16)21-9-10-22(26-25-21)27-11-13-28(14-12-27)31(29,30)18-7-8-20(24)19(23)15-18/h3-10,15H,2,11-14H2,1H3. The molecule has 0 N–H and O–H groups in total. The number of hydrogen-bond donors (Lipinski definition) is 0. The van der Waals surface area contributed by atoms with Crippen molar-refractivity contribution in [2.75, 3.05) is 31.1 Å². The van der Waals surface area contributed by atoms with Crippen LogP contribution in [0.25, 0.3) is 11.3 Å². The fraction of sp³-hybridized carbons (Fsp3) is 0.273. The molecule has 0 unspecified atom stereocenters. The fourth-order valence-corrected chi connectivity index (χ4v) is 5.20. The minimum absolute atomic E-state index is 0.00872. The Hall–Kier alpha value is -2.55. The Labute approximate surface area is 186 Å². The minimum atomic E-state index is -3.74.